The summed E-state index contributed by atoms with van der Waals surface area (Å²) in [7, 11) is -4.00. The van der Waals surface area contributed by atoms with Crippen LogP contribution in [-0.4, -0.2) is 65.3 Å². The molecule has 4 rings (SSSR count). The highest BCUT2D eigenvalue weighted by molar-refractivity contribution is 7.92. The molecule has 2 aliphatic rings. The fourth-order valence-corrected chi connectivity index (χ4v) is 4.69. The minimum absolute atomic E-state index is 0.0420. The first-order valence-electron chi connectivity index (χ1n) is 9.39. The van der Waals surface area contributed by atoms with E-state index < -0.39 is 10.0 Å². The van der Waals surface area contributed by atoms with Crippen LogP contribution in [0.25, 0.3) is 0 Å². The lowest BCUT2D eigenvalue weighted by atomic mass is 10.3. The maximum atomic E-state index is 13.5. The molecule has 1 saturated heterocycles. The van der Waals surface area contributed by atoms with Gasteiger partial charge in [0.15, 0.2) is 11.5 Å². The minimum atomic E-state index is -4.00. The predicted molar refractivity (Wildman–Crippen MR) is 106 cm³/mol. The molecule has 0 aromatic heterocycles. The van der Waals surface area contributed by atoms with Crippen LogP contribution in [0.3, 0.4) is 0 Å². The summed E-state index contributed by atoms with van der Waals surface area (Å²) in [5.74, 6) is 0.619. The van der Waals surface area contributed by atoms with Crippen LogP contribution in [0.1, 0.15) is 0 Å². The van der Waals surface area contributed by atoms with E-state index in [4.69, 9.17) is 14.2 Å². The third kappa shape index (κ3) is 4.15. The van der Waals surface area contributed by atoms with Gasteiger partial charge in [-0.2, -0.15) is 0 Å². The van der Waals surface area contributed by atoms with Crippen molar-refractivity contribution in [3.8, 4) is 11.5 Å². The van der Waals surface area contributed by atoms with Gasteiger partial charge in [0.05, 0.1) is 23.8 Å². The lowest BCUT2D eigenvalue weighted by Gasteiger charge is -2.30. The zero-order valence-corrected chi connectivity index (χ0v) is 16.6. The van der Waals surface area contributed by atoms with E-state index in [0.29, 0.717) is 56.7 Å². The Bertz CT molecular complexity index is 974. The molecule has 0 saturated carbocycles. The molecular weight excluding hydrogens is 396 g/mol. The van der Waals surface area contributed by atoms with Crippen LogP contribution in [0.5, 0.6) is 11.5 Å². The van der Waals surface area contributed by atoms with Gasteiger partial charge in [0.2, 0.25) is 5.91 Å². The number of ether oxygens (including phenoxy) is 3. The van der Waals surface area contributed by atoms with E-state index in [1.807, 2.05) is 0 Å². The van der Waals surface area contributed by atoms with Crippen molar-refractivity contribution in [3.63, 3.8) is 0 Å². The van der Waals surface area contributed by atoms with Crippen molar-refractivity contribution in [2.75, 3.05) is 50.4 Å². The molecule has 1 fully saturated rings. The summed E-state index contributed by atoms with van der Waals surface area (Å²) in [5.41, 5.74) is 0.420. The lowest BCUT2D eigenvalue weighted by molar-refractivity contribution is -0.133. The summed E-state index contributed by atoms with van der Waals surface area (Å²) in [6.07, 6.45) is 0. The van der Waals surface area contributed by atoms with Crippen LogP contribution < -0.4 is 13.8 Å². The molecule has 2 aliphatic heterocycles. The van der Waals surface area contributed by atoms with E-state index in [1.54, 1.807) is 41.3 Å². The Labute approximate surface area is 169 Å². The fourth-order valence-electron chi connectivity index (χ4n) is 3.26. The lowest BCUT2D eigenvalue weighted by Crippen LogP contribution is -2.47. The summed E-state index contributed by atoms with van der Waals surface area (Å²) in [4.78, 5) is 14.5. The predicted octanol–water partition coefficient (Wildman–Crippen LogP) is 1.51. The van der Waals surface area contributed by atoms with E-state index >= 15 is 0 Å². The smallest absolute Gasteiger partial charge is 0.264 e. The largest absolute Gasteiger partial charge is 0.486 e. The standard InChI is InChI=1S/C20H22N2O6S/c23-20(21-8-10-26-11-9-21)15-22(16-4-2-1-3-5-16)29(24,25)17-6-7-18-19(14-17)28-13-12-27-18/h1-7,14H,8-13,15H2. The van der Waals surface area contributed by atoms with Crippen molar-refractivity contribution in [1.29, 1.82) is 0 Å². The van der Waals surface area contributed by atoms with Gasteiger partial charge in [-0.1, -0.05) is 18.2 Å². The Hall–Kier alpha value is -2.78. The molecule has 29 heavy (non-hydrogen) atoms. The van der Waals surface area contributed by atoms with Crippen molar-refractivity contribution in [2.45, 2.75) is 4.90 Å². The Morgan fingerprint density at radius 3 is 2.34 bits per heavy atom. The second-order valence-corrected chi connectivity index (χ2v) is 8.51. The molecule has 8 nitrogen and oxygen atoms in total. The van der Waals surface area contributed by atoms with Gasteiger partial charge in [-0.05, 0) is 24.3 Å². The minimum Gasteiger partial charge on any atom is -0.486 e. The number of nitrogens with zero attached hydrogens (tertiary/aromatic N) is 2. The fraction of sp³-hybridized carbons (Fsp3) is 0.350. The van der Waals surface area contributed by atoms with Gasteiger partial charge >= 0.3 is 0 Å². The van der Waals surface area contributed by atoms with Gasteiger partial charge in [-0.3, -0.25) is 9.10 Å². The SMILES string of the molecule is O=C(CN(c1ccccc1)S(=O)(=O)c1ccc2c(c1)OCCO2)N1CCOCC1. The molecule has 0 bridgehead atoms. The number of carbonyl (C=O) groups is 1. The maximum Gasteiger partial charge on any atom is 0.264 e. The van der Waals surface area contributed by atoms with Crippen LogP contribution in [0.4, 0.5) is 5.69 Å². The summed E-state index contributed by atoms with van der Waals surface area (Å²) in [6, 6.07) is 13.1. The van der Waals surface area contributed by atoms with E-state index in [2.05, 4.69) is 0 Å². The number of anilines is 1. The topological polar surface area (TPSA) is 85.4 Å². The zero-order chi connectivity index (χ0) is 20.3. The third-order valence-electron chi connectivity index (χ3n) is 4.79. The van der Waals surface area contributed by atoms with Gasteiger partial charge in [0.1, 0.15) is 19.8 Å². The molecule has 0 atom stereocenters. The number of amides is 1. The maximum absolute atomic E-state index is 13.5. The number of sulfonamides is 1. The van der Waals surface area contributed by atoms with Gasteiger partial charge in [0.25, 0.3) is 10.0 Å². The van der Waals surface area contributed by atoms with E-state index in [1.165, 1.54) is 12.1 Å². The summed E-state index contributed by atoms with van der Waals surface area (Å²) in [6.45, 7) is 2.29. The Kier molecular flexibility index (Phi) is 5.59. The first kappa shape index (κ1) is 19.5. The first-order chi connectivity index (χ1) is 14.1. The number of benzene rings is 2. The van der Waals surface area contributed by atoms with Gasteiger partial charge in [-0.25, -0.2) is 8.42 Å². The number of hydrogen-bond donors (Lipinski definition) is 0. The summed E-state index contributed by atoms with van der Waals surface area (Å²) >= 11 is 0. The molecule has 2 heterocycles. The van der Waals surface area contributed by atoms with E-state index in [0.717, 1.165) is 4.31 Å². The Morgan fingerprint density at radius 2 is 1.62 bits per heavy atom. The molecule has 2 aromatic carbocycles. The van der Waals surface area contributed by atoms with Crippen molar-refractivity contribution >= 4 is 21.6 Å². The van der Waals surface area contributed by atoms with Crippen LogP contribution in [0.2, 0.25) is 0 Å². The quantitative estimate of drug-likeness (QED) is 0.732. The van der Waals surface area contributed by atoms with Gasteiger partial charge < -0.3 is 19.1 Å². The Balaban J connectivity index is 1.67. The molecule has 1 amide bonds. The Morgan fingerprint density at radius 1 is 0.931 bits per heavy atom. The van der Waals surface area contributed by atoms with Gasteiger partial charge in [0, 0.05) is 19.2 Å². The molecule has 0 aliphatic carbocycles. The third-order valence-corrected chi connectivity index (χ3v) is 6.56. The highest BCUT2D eigenvalue weighted by Crippen LogP contribution is 2.34. The second-order valence-electron chi connectivity index (χ2n) is 6.65. The van der Waals surface area contributed by atoms with Crippen molar-refractivity contribution in [1.82, 2.24) is 4.90 Å². The summed E-state index contributed by atoms with van der Waals surface area (Å²) < 4.78 is 44.4. The molecule has 0 spiro atoms. The monoisotopic (exact) mass is 418 g/mol. The van der Waals surface area contributed by atoms with E-state index in [-0.39, 0.29) is 17.3 Å². The van der Waals surface area contributed by atoms with Crippen LogP contribution in [0.15, 0.2) is 53.4 Å². The number of hydrogen-bond acceptors (Lipinski definition) is 6. The second kappa shape index (κ2) is 8.30. The van der Waals surface area contributed by atoms with E-state index in [9.17, 15) is 13.2 Å². The zero-order valence-electron chi connectivity index (χ0n) is 15.8. The molecule has 0 N–H and O–H groups in total. The number of morpholine rings is 1. The number of rotatable bonds is 5. The molecule has 2 aromatic rings. The number of para-hydroxylation sites is 1. The number of fused-ring (bicyclic) bond motifs is 1. The molecule has 0 unspecified atom stereocenters. The molecule has 9 heteroatoms. The summed E-state index contributed by atoms with van der Waals surface area (Å²) in [5, 5.41) is 0. The average molecular weight is 418 g/mol. The molecule has 154 valence electrons. The van der Waals surface area contributed by atoms with Crippen LogP contribution >= 0.6 is 0 Å². The number of carbonyl (C=O) groups excluding carboxylic acids is 1. The van der Waals surface area contributed by atoms with Crippen molar-refractivity contribution in [2.24, 2.45) is 0 Å². The average Bonchev–Trinajstić information content (AvgIpc) is 2.78. The van der Waals surface area contributed by atoms with Crippen molar-refractivity contribution in [3.05, 3.63) is 48.5 Å². The van der Waals surface area contributed by atoms with Crippen LogP contribution in [0, 0.1) is 0 Å². The first-order valence-corrected chi connectivity index (χ1v) is 10.8. The van der Waals surface area contributed by atoms with Gasteiger partial charge in [-0.15, -0.1) is 0 Å². The highest BCUT2D eigenvalue weighted by Gasteiger charge is 2.30. The molecular formula is C20H22N2O6S. The van der Waals surface area contributed by atoms with Crippen molar-refractivity contribution < 1.29 is 27.4 Å². The van der Waals surface area contributed by atoms with Crippen LogP contribution in [-0.2, 0) is 19.6 Å². The normalized spacial score (nSPS) is 16.3. The highest BCUT2D eigenvalue weighted by atomic mass is 32.2. The molecule has 0 radical (unpaired) electrons.